The summed E-state index contributed by atoms with van der Waals surface area (Å²) in [4.78, 5) is 50.8. The van der Waals surface area contributed by atoms with Gasteiger partial charge in [0.25, 0.3) is 0 Å². The van der Waals surface area contributed by atoms with Crippen molar-refractivity contribution in [2.75, 3.05) is 13.1 Å². The van der Waals surface area contributed by atoms with Crippen molar-refractivity contribution < 1.29 is 19.2 Å². The van der Waals surface area contributed by atoms with E-state index in [1.165, 1.54) is 19.3 Å². The highest BCUT2D eigenvalue weighted by Crippen LogP contribution is 2.16. The molecule has 0 aliphatic carbocycles. The van der Waals surface area contributed by atoms with Crippen molar-refractivity contribution in [3.8, 4) is 0 Å². The lowest BCUT2D eigenvalue weighted by molar-refractivity contribution is -0.133. The molecule has 6 N–H and O–H groups in total. The number of carbonyl (C=O) groups excluding carboxylic acids is 4. The third-order valence-corrected chi connectivity index (χ3v) is 6.35. The number of carbonyl (C=O) groups is 4. The van der Waals surface area contributed by atoms with Crippen LogP contribution < -0.4 is 27.0 Å². The lowest BCUT2D eigenvalue weighted by Crippen LogP contribution is -2.56. The van der Waals surface area contributed by atoms with Crippen LogP contribution in [-0.2, 0) is 19.2 Å². The lowest BCUT2D eigenvalue weighted by Gasteiger charge is -2.27. The van der Waals surface area contributed by atoms with Gasteiger partial charge in [-0.25, -0.2) is 0 Å². The quantitative estimate of drug-likeness (QED) is 0.270. The second-order valence-corrected chi connectivity index (χ2v) is 10.00. The maximum atomic E-state index is 13.1. The Hall–Kier alpha value is -2.16. The van der Waals surface area contributed by atoms with Gasteiger partial charge < -0.3 is 27.0 Å². The van der Waals surface area contributed by atoms with E-state index < -0.39 is 23.9 Å². The van der Waals surface area contributed by atoms with Crippen molar-refractivity contribution in [3.63, 3.8) is 0 Å². The van der Waals surface area contributed by atoms with Crippen LogP contribution in [0.25, 0.3) is 0 Å². The summed E-state index contributed by atoms with van der Waals surface area (Å²) in [5.74, 6) is -0.900. The number of amides is 4. The van der Waals surface area contributed by atoms with Crippen LogP contribution in [0, 0.1) is 11.8 Å². The van der Waals surface area contributed by atoms with E-state index >= 15 is 0 Å². The highest BCUT2D eigenvalue weighted by molar-refractivity contribution is 5.94. The normalized spacial score (nSPS) is 23.6. The minimum atomic E-state index is -0.811. The van der Waals surface area contributed by atoms with E-state index in [1.807, 2.05) is 13.8 Å². The molecular formula is C25H47N5O4. The summed E-state index contributed by atoms with van der Waals surface area (Å²) in [6.07, 6.45) is 8.36. The second-order valence-electron chi connectivity index (χ2n) is 10.00. The first-order chi connectivity index (χ1) is 16.2. The highest BCUT2D eigenvalue weighted by atomic mass is 16.2. The SMILES string of the molecule is CCCC(C)CCCCCC1CC(=O)NCC(=O)N[C@@H](CCCN)C(=O)N[C@@H](C(C)C)C(=O)N1. The number of nitrogens with two attached hydrogens (primary N) is 1. The molecule has 1 aliphatic heterocycles. The minimum absolute atomic E-state index is 0.0978. The van der Waals surface area contributed by atoms with Gasteiger partial charge in [0.05, 0.1) is 6.54 Å². The highest BCUT2D eigenvalue weighted by Gasteiger charge is 2.30. The maximum absolute atomic E-state index is 13.1. The van der Waals surface area contributed by atoms with Gasteiger partial charge in [-0.05, 0) is 37.6 Å². The molecule has 2 unspecified atom stereocenters. The number of hydrogen-bond donors (Lipinski definition) is 5. The first kappa shape index (κ1) is 29.9. The van der Waals surface area contributed by atoms with Crippen LogP contribution in [-0.4, -0.2) is 54.8 Å². The number of unbranched alkanes of at least 4 members (excludes halogenated alkanes) is 2. The third-order valence-electron chi connectivity index (χ3n) is 6.35. The van der Waals surface area contributed by atoms with Crippen molar-refractivity contribution in [1.82, 2.24) is 21.3 Å². The van der Waals surface area contributed by atoms with Gasteiger partial charge in [-0.15, -0.1) is 0 Å². The topological polar surface area (TPSA) is 142 Å². The third kappa shape index (κ3) is 11.8. The van der Waals surface area contributed by atoms with Crippen molar-refractivity contribution in [2.24, 2.45) is 17.6 Å². The average molecular weight is 482 g/mol. The predicted octanol–water partition coefficient (Wildman–Crippen LogP) is 1.74. The van der Waals surface area contributed by atoms with Crippen molar-refractivity contribution in [2.45, 2.75) is 110 Å². The van der Waals surface area contributed by atoms with Crippen LogP contribution in [0.15, 0.2) is 0 Å². The van der Waals surface area contributed by atoms with Crippen molar-refractivity contribution >= 4 is 23.6 Å². The van der Waals surface area contributed by atoms with Crippen molar-refractivity contribution in [1.29, 1.82) is 0 Å². The molecule has 0 radical (unpaired) electrons. The molecule has 0 aromatic carbocycles. The first-order valence-corrected chi connectivity index (χ1v) is 13.0. The van der Waals surface area contributed by atoms with E-state index in [9.17, 15) is 19.2 Å². The van der Waals surface area contributed by atoms with Gasteiger partial charge in [-0.3, -0.25) is 19.2 Å². The van der Waals surface area contributed by atoms with Crippen LogP contribution in [0.2, 0.25) is 0 Å². The van der Waals surface area contributed by atoms with Crippen molar-refractivity contribution in [3.05, 3.63) is 0 Å². The average Bonchev–Trinajstić information content (AvgIpc) is 2.78. The molecule has 9 nitrogen and oxygen atoms in total. The lowest BCUT2D eigenvalue weighted by atomic mass is 9.96. The molecule has 4 amide bonds. The Balaban J connectivity index is 2.86. The molecule has 196 valence electrons. The smallest absolute Gasteiger partial charge is 0.243 e. The molecule has 1 aliphatic rings. The molecule has 1 heterocycles. The Morgan fingerprint density at radius 3 is 2.24 bits per heavy atom. The van der Waals surface area contributed by atoms with Gasteiger partial charge >= 0.3 is 0 Å². The molecule has 1 fully saturated rings. The Kier molecular flexibility index (Phi) is 14.5. The van der Waals surface area contributed by atoms with Crippen LogP contribution in [0.3, 0.4) is 0 Å². The summed E-state index contributed by atoms with van der Waals surface area (Å²) in [6, 6.07) is -1.92. The van der Waals surface area contributed by atoms with Crippen LogP contribution in [0.5, 0.6) is 0 Å². The molecule has 34 heavy (non-hydrogen) atoms. The standard InChI is InChI=1S/C25H47N5O4/c1-5-10-18(4)11-7-6-8-12-19-15-21(31)27-16-22(32)29-20(13-9-14-26)24(33)30-23(17(2)3)25(34)28-19/h17-20,23H,5-16,26H2,1-4H3,(H,27,31)(H,28,34)(H,29,32)(H,30,33)/t18?,19?,20-,23-/m0/s1. The summed E-state index contributed by atoms with van der Waals surface area (Å²) >= 11 is 0. The zero-order chi connectivity index (χ0) is 25.5. The summed E-state index contributed by atoms with van der Waals surface area (Å²) in [6.45, 7) is 8.36. The monoisotopic (exact) mass is 481 g/mol. The van der Waals surface area contributed by atoms with E-state index in [0.29, 0.717) is 25.8 Å². The van der Waals surface area contributed by atoms with E-state index in [1.54, 1.807) is 0 Å². The van der Waals surface area contributed by atoms with E-state index in [2.05, 4.69) is 35.1 Å². The Labute approximate surface area is 205 Å². The molecular weight excluding hydrogens is 434 g/mol. The molecule has 1 rings (SSSR count). The van der Waals surface area contributed by atoms with Gasteiger partial charge in [0.2, 0.25) is 23.6 Å². The van der Waals surface area contributed by atoms with Crippen LogP contribution >= 0.6 is 0 Å². The molecule has 1 saturated heterocycles. The van der Waals surface area contributed by atoms with E-state index in [-0.39, 0.29) is 36.7 Å². The van der Waals surface area contributed by atoms with Crippen LogP contribution in [0.1, 0.15) is 91.9 Å². The fourth-order valence-corrected chi connectivity index (χ4v) is 4.31. The van der Waals surface area contributed by atoms with E-state index in [0.717, 1.165) is 25.2 Å². The number of rotatable bonds is 12. The summed E-state index contributed by atoms with van der Waals surface area (Å²) < 4.78 is 0. The Bertz CT molecular complexity index is 655. The van der Waals surface area contributed by atoms with Crippen LogP contribution in [0.4, 0.5) is 0 Å². The second kappa shape index (κ2) is 16.5. The molecule has 0 bridgehead atoms. The molecule has 4 atom stereocenters. The molecule has 0 aromatic heterocycles. The molecule has 0 spiro atoms. The minimum Gasteiger partial charge on any atom is -0.351 e. The van der Waals surface area contributed by atoms with Gasteiger partial charge in [0.1, 0.15) is 12.1 Å². The fraction of sp³-hybridized carbons (Fsp3) is 0.840. The number of nitrogens with one attached hydrogen (secondary N) is 4. The van der Waals surface area contributed by atoms with E-state index in [4.69, 9.17) is 5.73 Å². The fourth-order valence-electron chi connectivity index (χ4n) is 4.31. The largest absolute Gasteiger partial charge is 0.351 e. The predicted molar refractivity (Wildman–Crippen MR) is 134 cm³/mol. The summed E-state index contributed by atoms with van der Waals surface area (Å²) in [5, 5.41) is 11.1. The number of hydrogen-bond acceptors (Lipinski definition) is 5. The molecule has 0 aromatic rings. The first-order valence-electron chi connectivity index (χ1n) is 13.0. The van der Waals surface area contributed by atoms with Gasteiger partial charge in [-0.2, -0.15) is 0 Å². The molecule has 0 saturated carbocycles. The summed E-state index contributed by atoms with van der Waals surface area (Å²) in [5.41, 5.74) is 5.57. The zero-order valence-electron chi connectivity index (χ0n) is 21.6. The van der Waals surface area contributed by atoms with Gasteiger partial charge in [0.15, 0.2) is 0 Å². The summed E-state index contributed by atoms with van der Waals surface area (Å²) in [7, 11) is 0. The van der Waals surface area contributed by atoms with Gasteiger partial charge in [-0.1, -0.05) is 66.2 Å². The van der Waals surface area contributed by atoms with Gasteiger partial charge in [0, 0.05) is 12.5 Å². The maximum Gasteiger partial charge on any atom is 0.243 e. The Morgan fingerprint density at radius 2 is 1.59 bits per heavy atom. The zero-order valence-corrected chi connectivity index (χ0v) is 21.6. The molecule has 9 heteroatoms. The Morgan fingerprint density at radius 1 is 0.853 bits per heavy atom.